The van der Waals surface area contributed by atoms with Gasteiger partial charge in [-0.05, 0) is 66.1 Å². The second-order valence-electron chi connectivity index (χ2n) is 12.4. The Kier molecular flexibility index (Phi) is 7.36. The van der Waals surface area contributed by atoms with Gasteiger partial charge in [-0.2, -0.15) is 0 Å². The van der Waals surface area contributed by atoms with Crippen molar-refractivity contribution in [3.63, 3.8) is 0 Å². The van der Waals surface area contributed by atoms with E-state index < -0.39 is 16.8 Å². The Morgan fingerprint density at radius 2 is 1.73 bits per heavy atom. The number of benzene rings is 3. The fourth-order valence-electron chi connectivity index (χ4n) is 8.23. The first-order valence-corrected chi connectivity index (χ1v) is 17.1. The molecule has 8 rings (SSSR count). The van der Waals surface area contributed by atoms with E-state index in [1.807, 2.05) is 30.3 Å². The number of anilines is 2. The zero-order chi connectivity index (χ0) is 33.3. The van der Waals surface area contributed by atoms with Gasteiger partial charge in [0.1, 0.15) is 0 Å². The molecule has 1 aromatic heterocycles. The molecule has 4 aromatic rings. The molecule has 2 bridgehead atoms. The normalized spacial score (nSPS) is 26.5. The average molecular weight is 685 g/mol. The predicted molar refractivity (Wildman–Crippen MR) is 178 cm³/mol. The molecule has 3 amide bonds. The van der Waals surface area contributed by atoms with Crippen molar-refractivity contribution >= 4 is 57.9 Å². The van der Waals surface area contributed by atoms with Crippen LogP contribution in [0.15, 0.2) is 82.6 Å². The number of fused-ring (bicyclic) bond motifs is 9. The number of methoxy groups -OCH3 is 1. The monoisotopic (exact) mass is 684 g/mol. The minimum atomic E-state index is -0.521. The molecule has 12 nitrogen and oxygen atoms in total. The molecule has 3 fully saturated rings. The summed E-state index contributed by atoms with van der Waals surface area (Å²) in [6, 6.07) is 20.1. The lowest BCUT2D eigenvalue weighted by Gasteiger charge is -2.43. The third kappa shape index (κ3) is 4.81. The number of imide groups is 1. The summed E-state index contributed by atoms with van der Waals surface area (Å²) < 4.78 is 11.6. The van der Waals surface area contributed by atoms with Crippen LogP contribution in [0.3, 0.4) is 0 Å². The highest BCUT2D eigenvalue weighted by Crippen LogP contribution is 2.68. The van der Waals surface area contributed by atoms with Crippen molar-refractivity contribution in [3.05, 3.63) is 103 Å². The van der Waals surface area contributed by atoms with E-state index in [1.165, 1.54) is 36.3 Å². The third-order valence-electron chi connectivity index (χ3n) is 10.0. The summed E-state index contributed by atoms with van der Waals surface area (Å²) in [5, 5.41) is 14.7. The zero-order valence-corrected chi connectivity index (χ0v) is 27.0. The number of amides is 3. The number of nitrogens with one attached hydrogen (secondary N) is 2. The number of non-ortho nitro benzene ring substituents is 1. The summed E-state index contributed by atoms with van der Waals surface area (Å²) in [4.78, 5) is 68.7. The standard InChI is InChI=1S/C34H28N4O8S2/c1-45-23-13-16(7-12-22(23)46-15-24(39)35-17-5-3-2-4-6-17)25-26-20-14-21(29(26)47-31-30(25)48-34(42)36-31)28-27(20)32(40)37(33(28)41)18-8-10-19(11-9-18)38(43)44/h2-13,20-21,25-29H,14-15H2,1H3,(H,35,39)(H,36,42)/t20-,21-,25+,26-,27+,28+,29-/m1/s1. The van der Waals surface area contributed by atoms with Gasteiger partial charge in [0.25, 0.3) is 11.6 Å². The Morgan fingerprint density at radius 3 is 2.44 bits per heavy atom. The van der Waals surface area contributed by atoms with E-state index in [1.54, 1.807) is 30.0 Å². The molecular formula is C34H28N4O8S2. The minimum Gasteiger partial charge on any atom is -0.493 e. The molecule has 4 aliphatic rings. The average Bonchev–Trinajstić information content (AvgIpc) is 3.83. The number of rotatable bonds is 8. The predicted octanol–water partition coefficient (Wildman–Crippen LogP) is 5.05. The topological polar surface area (TPSA) is 161 Å². The van der Waals surface area contributed by atoms with E-state index in [4.69, 9.17) is 9.47 Å². The molecule has 3 aromatic carbocycles. The highest BCUT2D eigenvalue weighted by atomic mass is 32.2. The van der Waals surface area contributed by atoms with E-state index in [0.717, 1.165) is 26.8 Å². The first-order valence-electron chi connectivity index (χ1n) is 15.4. The number of aromatic amines is 1. The van der Waals surface area contributed by atoms with Crippen molar-refractivity contribution in [3.8, 4) is 11.5 Å². The summed E-state index contributed by atoms with van der Waals surface area (Å²) in [5.74, 6) is -1.56. The summed E-state index contributed by atoms with van der Waals surface area (Å²) in [7, 11) is 1.52. The number of carbonyl (C=O) groups excluding carboxylic acids is 3. The van der Waals surface area contributed by atoms with Crippen LogP contribution in [0, 0.1) is 39.7 Å². The van der Waals surface area contributed by atoms with Crippen molar-refractivity contribution in [2.45, 2.75) is 22.6 Å². The van der Waals surface area contributed by atoms with Gasteiger partial charge < -0.3 is 19.8 Å². The van der Waals surface area contributed by atoms with E-state index in [9.17, 15) is 29.3 Å². The summed E-state index contributed by atoms with van der Waals surface area (Å²) in [5.41, 5.74) is 1.75. The van der Waals surface area contributed by atoms with Gasteiger partial charge in [-0.1, -0.05) is 35.6 Å². The first kappa shape index (κ1) is 30.4. The number of carbonyl (C=O) groups is 3. The van der Waals surface area contributed by atoms with Gasteiger partial charge >= 0.3 is 4.87 Å². The third-order valence-corrected chi connectivity index (χ3v) is 12.6. The quantitative estimate of drug-likeness (QED) is 0.147. The number of H-pyrrole nitrogens is 1. The second-order valence-corrected chi connectivity index (χ2v) is 14.6. The number of nitro benzene ring substituents is 1. The van der Waals surface area contributed by atoms with Gasteiger partial charge in [-0.25, -0.2) is 0 Å². The van der Waals surface area contributed by atoms with Crippen LogP contribution >= 0.6 is 23.1 Å². The SMILES string of the molecule is COc1cc([C@@H]2c3sc(=O)[nH]c3S[C@@H]3[C@@H]4C[C@@H]([C@@H]5C(=O)N(c6ccc([N+](=O)[O-])cc6)C(=O)[C@@H]45)[C@H]23)ccc1OCC(=O)Nc1ccccc1. The molecular weight excluding hydrogens is 657 g/mol. The van der Waals surface area contributed by atoms with E-state index >= 15 is 0 Å². The molecule has 2 N–H and O–H groups in total. The number of thiazole rings is 1. The number of hydrogen-bond acceptors (Lipinski definition) is 10. The molecule has 0 spiro atoms. The molecule has 3 heterocycles. The molecule has 1 saturated heterocycles. The van der Waals surface area contributed by atoms with Gasteiger partial charge in [0.2, 0.25) is 11.8 Å². The van der Waals surface area contributed by atoms with Crippen molar-refractivity contribution < 1.29 is 28.8 Å². The fraction of sp³-hybridized carbons (Fsp3) is 0.294. The summed E-state index contributed by atoms with van der Waals surface area (Å²) >= 11 is 2.74. The number of thioether (sulfide) groups is 1. The Balaban J connectivity index is 1.09. The molecule has 0 radical (unpaired) electrons. The highest BCUT2D eigenvalue weighted by molar-refractivity contribution is 8.00. The molecule has 7 atom stereocenters. The van der Waals surface area contributed by atoms with Crippen LogP contribution in [0.2, 0.25) is 0 Å². The van der Waals surface area contributed by atoms with Crippen molar-refractivity contribution in [1.82, 2.24) is 4.98 Å². The van der Waals surface area contributed by atoms with Gasteiger partial charge in [-0.15, -0.1) is 11.8 Å². The Hall–Kier alpha value is -4.95. The maximum atomic E-state index is 14.0. The number of para-hydroxylation sites is 1. The number of hydrogen-bond donors (Lipinski definition) is 2. The minimum absolute atomic E-state index is 0.0174. The Morgan fingerprint density at radius 1 is 1.00 bits per heavy atom. The molecule has 2 aliphatic carbocycles. The van der Waals surface area contributed by atoms with Gasteiger partial charge in [0.15, 0.2) is 18.1 Å². The zero-order valence-electron chi connectivity index (χ0n) is 25.4. The highest BCUT2D eigenvalue weighted by Gasteiger charge is 2.69. The summed E-state index contributed by atoms with van der Waals surface area (Å²) in [6.45, 7) is -0.229. The second kappa shape index (κ2) is 11.6. The maximum Gasteiger partial charge on any atom is 0.305 e. The van der Waals surface area contributed by atoms with Crippen LogP contribution in [0.1, 0.15) is 22.8 Å². The number of ether oxygens (including phenoxy) is 2. The number of nitro groups is 1. The van der Waals surface area contributed by atoms with E-state index in [2.05, 4.69) is 10.3 Å². The van der Waals surface area contributed by atoms with Crippen LogP contribution in [-0.4, -0.2) is 46.6 Å². The largest absolute Gasteiger partial charge is 0.493 e. The summed E-state index contributed by atoms with van der Waals surface area (Å²) in [6.07, 6.45) is 0.716. The first-order chi connectivity index (χ1) is 23.2. The lowest BCUT2D eigenvalue weighted by Crippen LogP contribution is -2.42. The molecule has 244 valence electrons. The molecule has 0 unspecified atom stereocenters. The lowest BCUT2D eigenvalue weighted by molar-refractivity contribution is -0.384. The molecule has 2 aliphatic heterocycles. The van der Waals surface area contributed by atoms with E-state index in [0.29, 0.717) is 29.3 Å². The Bertz CT molecular complexity index is 2030. The van der Waals surface area contributed by atoms with E-state index in [-0.39, 0.29) is 63.8 Å². The van der Waals surface area contributed by atoms with Crippen molar-refractivity contribution in [1.29, 1.82) is 0 Å². The van der Waals surface area contributed by atoms with Crippen LogP contribution in [-0.2, 0) is 14.4 Å². The van der Waals surface area contributed by atoms with Gasteiger partial charge in [-0.3, -0.25) is 34.2 Å². The van der Waals surface area contributed by atoms with Crippen LogP contribution in [0.25, 0.3) is 0 Å². The van der Waals surface area contributed by atoms with Crippen molar-refractivity contribution in [2.75, 3.05) is 23.9 Å². The Labute approximate surface area is 281 Å². The fourth-order valence-corrected chi connectivity index (χ4v) is 11.1. The van der Waals surface area contributed by atoms with Crippen LogP contribution in [0.5, 0.6) is 11.5 Å². The maximum absolute atomic E-state index is 14.0. The van der Waals surface area contributed by atoms with Gasteiger partial charge in [0.05, 0.1) is 34.6 Å². The molecule has 2 saturated carbocycles. The van der Waals surface area contributed by atoms with Gasteiger partial charge in [0, 0.05) is 33.9 Å². The number of aromatic nitrogens is 1. The number of nitrogens with zero attached hydrogens (tertiary/aromatic N) is 2. The lowest BCUT2D eigenvalue weighted by atomic mass is 9.68. The van der Waals surface area contributed by atoms with Crippen LogP contribution in [0.4, 0.5) is 17.1 Å². The molecule has 14 heteroatoms. The van der Waals surface area contributed by atoms with Crippen molar-refractivity contribution in [2.24, 2.45) is 29.6 Å². The smallest absolute Gasteiger partial charge is 0.305 e. The molecule has 48 heavy (non-hydrogen) atoms. The van der Waals surface area contributed by atoms with Crippen LogP contribution < -0.4 is 24.6 Å².